The maximum absolute atomic E-state index is 13.9. The standard InChI is InChI=1S/C23H19F2N3O3/c1-13-17(10-11-31-13)23(30)28-27-21(29)9-7-18-19-12-16(25)6-8-20(19)26-22(18)14-2-4-15(24)5-3-14/h2-6,8,10-12,26H,7,9H2,1H3,(H,27,29)(H,28,30). The van der Waals surface area contributed by atoms with Gasteiger partial charge in [0.2, 0.25) is 5.91 Å². The number of carbonyl (C=O) groups is 2. The lowest BCUT2D eigenvalue weighted by molar-refractivity contribution is -0.121. The molecule has 0 fully saturated rings. The summed E-state index contributed by atoms with van der Waals surface area (Å²) in [6.45, 7) is 1.64. The highest BCUT2D eigenvalue weighted by molar-refractivity contribution is 5.96. The minimum atomic E-state index is -0.485. The molecule has 6 nitrogen and oxygen atoms in total. The molecule has 0 saturated heterocycles. The van der Waals surface area contributed by atoms with Crippen molar-refractivity contribution in [1.29, 1.82) is 0 Å². The average Bonchev–Trinajstić information content (AvgIpc) is 3.34. The summed E-state index contributed by atoms with van der Waals surface area (Å²) in [4.78, 5) is 27.6. The van der Waals surface area contributed by atoms with Crippen molar-refractivity contribution in [1.82, 2.24) is 15.8 Å². The molecule has 2 aromatic carbocycles. The number of hydrazine groups is 1. The summed E-state index contributed by atoms with van der Waals surface area (Å²) in [5, 5.41) is 0.644. The Morgan fingerprint density at radius 2 is 1.74 bits per heavy atom. The van der Waals surface area contributed by atoms with Crippen LogP contribution in [0.4, 0.5) is 8.78 Å². The van der Waals surface area contributed by atoms with Crippen molar-refractivity contribution in [2.45, 2.75) is 19.8 Å². The first-order chi connectivity index (χ1) is 14.9. The number of hydrogen-bond donors (Lipinski definition) is 3. The molecule has 3 N–H and O–H groups in total. The van der Waals surface area contributed by atoms with Crippen LogP contribution in [0.2, 0.25) is 0 Å². The Balaban J connectivity index is 1.52. The van der Waals surface area contributed by atoms with Crippen LogP contribution in [-0.2, 0) is 11.2 Å². The van der Waals surface area contributed by atoms with Gasteiger partial charge >= 0.3 is 0 Å². The molecule has 2 aromatic heterocycles. The van der Waals surface area contributed by atoms with Gasteiger partial charge in [-0.05, 0) is 73.0 Å². The van der Waals surface area contributed by atoms with Gasteiger partial charge in [-0.1, -0.05) is 0 Å². The summed E-state index contributed by atoms with van der Waals surface area (Å²) in [5.41, 5.74) is 7.89. The van der Waals surface area contributed by atoms with E-state index in [1.165, 1.54) is 36.6 Å². The van der Waals surface area contributed by atoms with Crippen LogP contribution in [0.25, 0.3) is 22.2 Å². The molecule has 0 spiro atoms. The number of H-pyrrole nitrogens is 1. The van der Waals surface area contributed by atoms with Crippen molar-refractivity contribution in [2.75, 3.05) is 0 Å². The molecule has 0 bridgehead atoms. The van der Waals surface area contributed by atoms with Crippen LogP contribution in [0.1, 0.15) is 28.1 Å². The van der Waals surface area contributed by atoms with Crippen LogP contribution < -0.4 is 10.9 Å². The fourth-order valence-corrected chi connectivity index (χ4v) is 3.46. The Morgan fingerprint density at radius 3 is 2.45 bits per heavy atom. The van der Waals surface area contributed by atoms with Crippen LogP contribution >= 0.6 is 0 Å². The monoisotopic (exact) mass is 423 g/mol. The van der Waals surface area contributed by atoms with Gasteiger partial charge in [0.15, 0.2) is 0 Å². The lowest BCUT2D eigenvalue weighted by Crippen LogP contribution is -2.41. The van der Waals surface area contributed by atoms with Crippen LogP contribution in [0.15, 0.2) is 59.2 Å². The number of halogens is 2. The first-order valence-electron chi connectivity index (χ1n) is 9.61. The van der Waals surface area contributed by atoms with E-state index in [2.05, 4.69) is 15.8 Å². The molecule has 4 rings (SSSR count). The Labute approximate surface area is 176 Å². The SMILES string of the molecule is Cc1occc1C(=O)NNC(=O)CCc1c(-c2ccc(F)cc2)[nH]c2ccc(F)cc12. The summed E-state index contributed by atoms with van der Waals surface area (Å²) in [5.74, 6) is -1.22. The van der Waals surface area contributed by atoms with Crippen LogP contribution in [0.5, 0.6) is 0 Å². The van der Waals surface area contributed by atoms with Gasteiger partial charge in [-0.3, -0.25) is 20.4 Å². The second-order valence-corrected chi connectivity index (χ2v) is 7.07. The zero-order chi connectivity index (χ0) is 22.0. The Hall–Kier alpha value is -3.94. The van der Waals surface area contributed by atoms with Gasteiger partial charge in [0.05, 0.1) is 11.8 Å². The van der Waals surface area contributed by atoms with Gasteiger partial charge in [-0.2, -0.15) is 0 Å². The number of nitrogens with one attached hydrogen (secondary N) is 3. The molecular weight excluding hydrogens is 404 g/mol. The van der Waals surface area contributed by atoms with E-state index in [0.717, 1.165) is 11.1 Å². The highest BCUT2D eigenvalue weighted by atomic mass is 19.1. The van der Waals surface area contributed by atoms with Crippen molar-refractivity contribution < 1.29 is 22.8 Å². The van der Waals surface area contributed by atoms with E-state index < -0.39 is 17.6 Å². The summed E-state index contributed by atoms with van der Waals surface area (Å²) >= 11 is 0. The van der Waals surface area contributed by atoms with Crippen molar-refractivity contribution in [2.24, 2.45) is 0 Å². The summed E-state index contributed by atoms with van der Waals surface area (Å²) in [6, 6.07) is 11.8. The van der Waals surface area contributed by atoms with E-state index in [1.807, 2.05) is 0 Å². The molecule has 0 aliphatic carbocycles. The summed E-state index contributed by atoms with van der Waals surface area (Å²) < 4.78 is 32.3. The minimum absolute atomic E-state index is 0.0440. The molecule has 4 aromatic rings. The number of benzene rings is 2. The second kappa shape index (κ2) is 8.43. The van der Waals surface area contributed by atoms with E-state index in [4.69, 9.17) is 4.42 Å². The third kappa shape index (κ3) is 4.32. The molecule has 158 valence electrons. The highest BCUT2D eigenvalue weighted by Crippen LogP contribution is 2.32. The Morgan fingerprint density at radius 1 is 1.00 bits per heavy atom. The number of furan rings is 1. The van der Waals surface area contributed by atoms with Crippen molar-refractivity contribution in [3.63, 3.8) is 0 Å². The van der Waals surface area contributed by atoms with Gasteiger partial charge in [0, 0.05) is 23.0 Å². The van der Waals surface area contributed by atoms with E-state index in [0.29, 0.717) is 27.9 Å². The number of hydrogen-bond acceptors (Lipinski definition) is 3. The zero-order valence-corrected chi connectivity index (χ0v) is 16.6. The van der Waals surface area contributed by atoms with Gasteiger partial charge in [0.1, 0.15) is 17.4 Å². The fourth-order valence-electron chi connectivity index (χ4n) is 3.46. The summed E-state index contributed by atoms with van der Waals surface area (Å²) in [6.07, 6.45) is 1.71. The smallest absolute Gasteiger partial charge is 0.273 e. The van der Waals surface area contributed by atoms with Gasteiger partial charge in [-0.25, -0.2) is 8.78 Å². The van der Waals surface area contributed by atoms with Crippen molar-refractivity contribution in [3.8, 4) is 11.3 Å². The number of fused-ring (bicyclic) bond motifs is 1. The van der Waals surface area contributed by atoms with Crippen molar-refractivity contribution >= 4 is 22.7 Å². The number of aromatic amines is 1. The van der Waals surface area contributed by atoms with Crippen LogP contribution in [-0.4, -0.2) is 16.8 Å². The molecule has 0 saturated carbocycles. The largest absolute Gasteiger partial charge is 0.469 e. The first-order valence-corrected chi connectivity index (χ1v) is 9.61. The predicted molar refractivity (Wildman–Crippen MR) is 111 cm³/mol. The van der Waals surface area contributed by atoms with Crippen LogP contribution in [0.3, 0.4) is 0 Å². The third-order valence-electron chi connectivity index (χ3n) is 5.02. The predicted octanol–water partition coefficient (Wildman–Crippen LogP) is 4.41. The van der Waals surface area contributed by atoms with Gasteiger partial charge < -0.3 is 9.40 Å². The first kappa shape index (κ1) is 20.3. The molecule has 31 heavy (non-hydrogen) atoms. The average molecular weight is 423 g/mol. The number of carbonyl (C=O) groups excluding carboxylic acids is 2. The minimum Gasteiger partial charge on any atom is -0.469 e. The van der Waals surface area contributed by atoms with Gasteiger partial charge in [-0.15, -0.1) is 0 Å². The normalized spacial score (nSPS) is 10.9. The third-order valence-corrected chi connectivity index (χ3v) is 5.02. The lowest BCUT2D eigenvalue weighted by atomic mass is 10.0. The number of aromatic nitrogens is 1. The van der Waals surface area contributed by atoms with E-state index in [-0.39, 0.29) is 18.7 Å². The maximum Gasteiger partial charge on any atom is 0.273 e. The molecule has 0 aliphatic heterocycles. The zero-order valence-electron chi connectivity index (χ0n) is 16.6. The van der Waals surface area contributed by atoms with Gasteiger partial charge in [0.25, 0.3) is 5.91 Å². The number of rotatable bonds is 5. The Kier molecular flexibility index (Phi) is 5.53. The molecule has 2 amide bonds. The summed E-state index contributed by atoms with van der Waals surface area (Å²) in [7, 11) is 0. The molecular formula is C23H19F2N3O3. The fraction of sp³-hybridized carbons (Fsp3) is 0.130. The molecule has 8 heteroatoms. The molecule has 0 aliphatic rings. The van der Waals surface area contributed by atoms with Crippen LogP contribution in [0, 0.1) is 18.6 Å². The van der Waals surface area contributed by atoms with E-state index in [1.54, 1.807) is 25.1 Å². The maximum atomic E-state index is 13.9. The lowest BCUT2D eigenvalue weighted by Gasteiger charge is -2.08. The Bertz CT molecular complexity index is 1260. The van der Waals surface area contributed by atoms with E-state index >= 15 is 0 Å². The molecule has 0 unspecified atom stereocenters. The topological polar surface area (TPSA) is 87.1 Å². The second-order valence-electron chi connectivity index (χ2n) is 7.07. The molecule has 0 atom stereocenters. The number of aryl methyl sites for hydroxylation is 2. The van der Waals surface area contributed by atoms with E-state index in [9.17, 15) is 18.4 Å². The van der Waals surface area contributed by atoms with Crippen molar-refractivity contribution in [3.05, 3.63) is 83.3 Å². The molecule has 2 heterocycles. The quantitative estimate of drug-likeness (QED) is 0.416. The number of amides is 2. The molecule has 0 radical (unpaired) electrons. The highest BCUT2D eigenvalue weighted by Gasteiger charge is 2.16.